The first-order valence-corrected chi connectivity index (χ1v) is 6.20. The van der Waals surface area contributed by atoms with Crippen molar-refractivity contribution in [2.24, 2.45) is 0 Å². The van der Waals surface area contributed by atoms with E-state index >= 15 is 0 Å². The van der Waals surface area contributed by atoms with Crippen LogP contribution in [0.5, 0.6) is 0 Å². The molecule has 2 aliphatic heterocycles. The van der Waals surface area contributed by atoms with Gasteiger partial charge in [0.15, 0.2) is 0 Å². The van der Waals surface area contributed by atoms with Crippen molar-refractivity contribution in [1.29, 1.82) is 0 Å². The molecule has 0 saturated heterocycles. The lowest BCUT2D eigenvalue weighted by atomic mass is 9.88. The Hall–Kier alpha value is -1.35. The normalized spacial score (nSPS) is 23.8. The van der Waals surface area contributed by atoms with Crippen LogP contribution < -0.4 is 0 Å². The zero-order valence-corrected chi connectivity index (χ0v) is 10.7. The number of fused-ring (bicyclic) bond motifs is 3. The SMILES string of the molecule is CC1c2ccc3c(c2CCN1C)CN(C)C3=O. The van der Waals surface area contributed by atoms with Gasteiger partial charge in [-0.1, -0.05) is 6.07 Å². The molecule has 1 amide bonds. The zero-order chi connectivity index (χ0) is 12.2. The van der Waals surface area contributed by atoms with E-state index in [2.05, 4.69) is 24.9 Å². The summed E-state index contributed by atoms with van der Waals surface area (Å²) in [4.78, 5) is 16.1. The molecule has 3 nitrogen and oxygen atoms in total. The Labute approximate surface area is 102 Å². The minimum atomic E-state index is 0.175. The molecule has 0 saturated carbocycles. The molecule has 1 aromatic rings. The first-order valence-electron chi connectivity index (χ1n) is 6.20. The molecule has 2 heterocycles. The summed E-state index contributed by atoms with van der Waals surface area (Å²) < 4.78 is 0. The third kappa shape index (κ3) is 1.42. The van der Waals surface area contributed by atoms with E-state index in [4.69, 9.17) is 0 Å². The molecule has 0 fully saturated rings. The van der Waals surface area contributed by atoms with Crippen molar-refractivity contribution >= 4 is 5.91 Å². The summed E-state index contributed by atoms with van der Waals surface area (Å²) in [6.45, 7) is 4.11. The van der Waals surface area contributed by atoms with Crippen molar-refractivity contribution in [2.75, 3.05) is 20.6 Å². The van der Waals surface area contributed by atoms with Crippen molar-refractivity contribution < 1.29 is 4.79 Å². The topological polar surface area (TPSA) is 23.6 Å². The molecule has 1 aromatic carbocycles. The van der Waals surface area contributed by atoms with Crippen LogP contribution in [0.4, 0.5) is 0 Å². The predicted octanol–water partition coefficient (Wildman–Crippen LogP) is 1.82. The van der Waals surface area contributed by atoms with Crippen LogP contribution in [-0.2, 0) is 13.0 Å². The Morgan fingerprint density at radius 2 is 2.00 bits per heavy atom. The van der Waals surface area contributed by atoms with Crippen LogP contribution in [0.1, 0.15) is 40.0 Å². The highest BCUT2D eigenvalue weighted by molar-refractivity contribution is 5.98. The molecule has 2 aliphatic rings. The maximum atomic E-state index is 11.9. The number of carbonyl (C=O) groups excluding carboxylic acids is 1. The maximum absolute atomic E-state index is 11.9. The van der Waals surface area contributed by atoms with Gasteiger partial charge >= 0.3 is 0 Å². The van der Waals surface area contributed by atoms with E-state index in [1.807, 2.05) is 18.0 Å². The van der Waals surface area contributed by atoms with Crippen LogP contribution in [-0.4, -0.2) is 36.3 Å². The smallest absolute Gasteiger partial charge is 0.254 e. The highest BCUT2D eigenvalue weighted by atomic mass is 16.2. The number of rotatable bonds is 0. The van der Waals surface area contributed by atoms with E-state index in [1.165, 1.54) is 16.7 Å². The van der Waals surface area contributed by atoms with E-state index < -0.39 is 0 Å². The first kappa shape index (κ1) is 10.8. The summed E-state index contributed by atoms with van der Waals surface area (Å²) in [6.07, 6.45) is 1.07. The molecule has 0 aromatic heterocycles. The highest BCUT2D eigenvalue weighted by Gasteiger charge is 2.31. The number of likely N-dealkylation sites (N-methyl/N-ethyl adjacent to an activating group) is 1. The average molecular weight is 230 g/mol. The Morgan fingerprint density at radius 1 is 1.24 bits per heavy atom. The largest absolute Gasteiger partial charge is 0.337 e. The Bertz CT molecular complexity index is 495. The number of nitrogens with zero attached hydrogens (tertiary/aromatic N) is 2. The van der Waals surface area contributed by atoms with Crippen molar-refractivity contribution in [3.63, 3.8) is 0 Å². The van der Waals surface area contributed by atoms with E-state index in [9.17, 15) is 4.79 Å². The molecule has 0 aliphatic carbocycles. The van der Waals surface area contributed by atoms with Gasteiger partial charge in [0.25, 0.3) is 5.91 Å². The number of hydrogen-bond donors (Lipinski definition) is 0. The van der Waals surface area contributed by atoms with Crippen LogP contribution in [0.2, 0.25) is 0 Å². The van der Waals surface area contributed by atoms with E-state index in [0.29, 0.717) is 6.04 Å². The number of amides is 1. The Kier molecular flexibility index (Phi) is 2.26. The van der Waals surface area contributed by atoms with Crippen LogP contribution in [0, 0.1) is 0 Å². The summed E-state index contributed by atoms with van der Waals surface area (Å²) in [5.41, 5.74) is 5.02. The molecule has 0 bridgehead atoms. The van der Waals surface area contributed by atoms with Crippen LogP contribution >= 0.6 is 0 Å². The lowest BCUT2D eigenvalue weighted by Gasteiger charge is -2.33. The molecular weight excluding hydrogens is 212 g/mol. The number of hydrogen-bond acceptors (Lipinski definition) is 2. The first-order chi connectivity index (χ1) is 8.09. The average Bonchev–Trinajstić information content (AvgIpc) is 2.61. The fourth-order valence-electron chi connectivity index (χ4n) is 3.01. The second kappa shape index (κ2) is 3.57. The second-order valence-electron chi connectivity index (χ2n) is 5.23. The van der Waals surface area contributed by atoms with Gasteiger partial charge in [0.1, 0.15) is 0 Å². The summed E-state index contributed by atoms with van der Waals surface area (Å²) in [5.74, 6) is 0.175. The van der Waals surface area contributed by atoms with Gasteiger partial charge in [0.2, 0.25) is 0 Å². The molecule has 0 N–H and O–H groups in total. The third-order valence-electron chi connectivity index (χ3n) is 4.27. The van der Waals surface area contributed by atoms with Crippen molar-refractivity contribution in [1.82, 2.24) is 9.80 Å². The quantitative estimate of drug-likeness (QED) is 0.678. The van der Waals surface area contributed by atoms with Crippen molar-refractivity contribution in [2.45, 2.75) is 25.9 Å². The van der Waals surface area contributed by atoms with Gasteiger partial charge in [-0.2, -0.15) is 0 Å². The predicted molar refractivity (Wildman–Crippen MR) is 67.0 cm³/mol. The van der Waals surface area contributed by atoms with E-state index in [0.717, 1.165) is 25.1 Å². The minimum Gasteiger partial charge on any atom is -0.337 e. The number of benzene rings is 1. The van der Waals surface area contributed by atoms with Gasteiger partial charge in [-0.05, 0) is 43.1 Å². The monoisotopic (exact) mass is 230 g/mol. The molecule has 3 rings (SSSR count). The molecule has 17 heavy (non-hydrogen) atoms. The van der Waals surface area contributed by atoms with Crippen LogP contribution in [0.3, 0.4) is 0 Å². The Morgan fingerprint density at radius 3 is 2.76 bits per heavy atom. The standard InChI is InChI=1S/C14H18N2O/c1-9-10-4-5-12-13(8-16(3)14(12)17)11(10)6-7-15(9)2/h4-5,9H,6-8H2,1-3H3. The van der Waals surface area contributed by atoms with Crippen LogP contribution in [0.15, 0.2) is 12.1 Å². The third-order valence-corrected chi connectivity index (χ3v) is 4.27. The molecule has 0 spiro atoms. The summed E-state index contributed by atoms with van der Waals surface area (Å²) in [7, 11) is 4.05. The van der Waals surface area contributed by atoms with Gasteiger partial charge in [-0.25, -0.2) is 0 Å². The van der Waals surface area contributed by atoms with Crippen molar-refractivity contribution in [3.05, 3.63) is 34.4 Å². The lowest BCUT2D eigenvalue weighted by molar-refractivity contribution is 0.0816. The summed E-state index contributed by atoms with van der Waals surface area (Å²) >= 11 is 0. The van der Waals surface area contributed by atoms with Gasteiger partial charge in [-0.15, -0.1) is 0 Å². The van der Waals surface area contributed by atoms with Gasteiger partial charge < -0.3 is 4.90 Å². The fraction of sp³-hybridized carbons (Fsp3) is 0.500. The van der Waals surface area contributed by atoms with E-state index in [-0.39, 0.29) is 5.91 Å². The van der Waals surface area contributed by atoms with E-state index in [1.54, 1.807) is 0 Å². The minimum absolute atomic E-state index is 0.175. The fourth-order valence-corrected chi connectivity index (χ4v) is 3.01. The molecule has 1 unspecified atom stereocenters. The van der Waals surface area contributed by atoms with Gasteiger partial charge in [-0.3, -0.25) is 9.69 Å². The molecule has 1 atom stereocenters. The molecule has 3 heteroatoms. The molecular formula is C14H18N2O. The van der Waals surface area contributed by atoms with Crippen LogP contribution in [0.25, 0.3) is 0 Å². The number of carbonyl (C=O) groups is 1. The second-order valence-corrected chi connectivity index (χ2v) is 5.23. The highest BCUT2D eigenvalue weighted by Crippen LogP contribution is 2.35. The molecule has 90 valence electrons. The van der Waals surface area contributed by atoms with Gasteiger partial charge in [0.05, 0.1) is 0 Å². The lowest BCUT2D eigenvalue weighted by Crippen LogP contribution is -2.31. The van der Waals surface area contributed by atoms with Crippen molar-refractivity contribution in [3.8, 4) is 0 Å². The molecule has 0 radical (unpaired) electrons. The summed E-state index contributed by atoms with van der Waals surface area (Å²) in [5, 5.41) is 0. The Balaban J connectivity index is 2.15. The summed E-state index contributed by atoms with van der Waals surface area (Å²) in [6, 6.07) is 4.62. The van der Waals surface area contributed by atoms with Gasteiger partial charge in [0, 0.05) is 31.7 Å². The zero-order valence-electron chi connectivity index (χ0n) is 10.7. The maximum Gasteiger partial charge on any atom is 0.254 e.